The summed E-state index contributed by atoms with van der Waals surface area (Å²) in [5, 5.41) is 7.52. The molecule has 3 N–H and O–H groups in total. The minimum Gasteiger partial charge on any atom is -0.397 e. The van der Waals surface area contributed by atoms with Gasteiger partial charge in [0.2, 0.25) is 0 Å². The first-order valence-corrected chi connectivity index (χ1v) is 7.97. The van der Waals surface area contributed by atoms with E-state index in [9.17, 15) is 0 Å². The minimum absolute atomic E-state index is 0.534. The van der Waals surface area contributed by atoms with Gasteiger partial charge in [-0.05, 0) is 43.7 Å². The Morgan fingerprint density at radius 1 is 1.40 bits per heavy atom. The molecule has 1 aromatic heterocycles. The van der Waals surface area contributed by atoms with Gasteiger partial charge in [-0.3, -0.25) is 0 Å². The Morgan fingerprint density at radius 2 is 2.25 bits per heavy atom. The van der Waals surface area contributed by atoms with Gasteiger partial charge in [-0.2, -0.15) is 11.8 Å². The first-order chi connectivity index (χ1) is 9.65. The van der Waals surface area contributed by atoms with Gasteiger partial charge in [-0.1, -0.05) is 11.2 Å². The Balaban J connectivity index is 1.87. The highest BCUT2D eigenvalue weighted by molar-refractivity contribution is 7.99. The number of anilines is 2. The lowest BCUT2D eigenvalue weighted by molar-refractivity contribution is 0.393. The molecule has 1 atom stereocenters. The van der Waals surface area contributed by atoms with Crippen molar-refractivity contribution in [3.8, 4) is 11.1 Å². The van der Waals surface area contributed by atoms with Crippen LogP contribution in [0.25, 0.3) is 11.1 Å². The summed E-state index contributed by atoms with van der Waals surface area (Å²) in [7, 11) is 0. The molecule has 1 aliphatic heterocycles. The predicted octanol–water partition coefficient (Wildman–Crippen LogP) is 3.46. The van der Waals surface area contributed by atoms with Crippen LogP contribution in [0.2, 0.25) is 0 Å². The molecular formula is C15H19N3OS. The highest BCUT2D eigenvalue weighted by atomic mass is 32.2. The molecule has 106 valence electrons. The van der Waals surface area contributed by atoms with E-state index in [0.717, 1.165) is 39.7 Å². The van der Waals surface area contributed by atoms with E-state index >= 15 is 0 Å². The van der Waals surface area contributed by atoms with Gasteiger partial charge in [0.05, 0.1) is 17.1 Å². The van der Waals surface area contributed by atoms with Crippen LogP contribution >= 0.6 is 11.8 Å². The number of hydrogen-bond acceptors (Lipinski definition) is 5. The molecule has 1 aliphatic rings. The van der Waals surface area contributed by atoms with Crippen molar-refractivity contribution in [2.75, 3.05) is 22.6 Å². The maximum Gasteiger partial charge on any atom is 0.141 e. The van der Waals surface area contributed by atoms with Crippen LogP contribution in [0.3, 0.4) is 0 Å². The highest BCUT2D eigenvalue weighted by Crippen LogP contribution is 2.32. The van der Waals surface area contributed by atoms with Crippen molar-refractivity contribution in [2.24, 2.45) is 0 Å². The first-order valence-electron chi connectivity index (χ1n) is 6.82. The fourth-order valence-corrected chi connectivity index (χ4v) is 3.77. The molecular weight excluding hydrogens is 270 g/mol. The summed E-state index contributed by atoms with van der Waals surface area (Å²) in [4.78, 5) is 0. The van der Waals surface area contributed by atoms with Crippen molar-refractivity contribution >= 4 is 23.1 Å². The molecule has 0 bridgehead atoms. The summed E-state index contributed by atoms with van der Waals surface area (Å²) in [6, 6.07) is 6.66. The third kappa shape index (κ3) is 2.50. The van der Waals surface area contributed by atoms with E-state index in [0.29, 0.717) is 6.04 Å². The standard InChI is InChI=1S/C15H19N3OS/c1-9-15(10(2)19-18-9)11-3-4-14(13(16)7-11)17-12-5-6-20-8-12/h3-4,7,12,17H,5-6,8,16H2,1-2H3/t12-/m0/s1. The number of aromatic nitrogens is 1. The topological polar surface area (TPSA) is 64.1 Å². The molecule has 2 aromatic rings. The molecule has 1 aromatic carbocycles. The first kappa shape index (κ1) is 13.4. The molecule has 1 saturated heterocycles. The van der Waals surface area contributed by atoms with Crippen molar-refractivity contribution in [3.05, 3.63) is 29.7 Å². The number of aryl methyl sites for hydroxylation is 2. The van der Waals surface area contributed by atoms with Gasteiger partial charge in [0.15, 0.2) is 0 Å². The van der Waals surface area contributed by atoms with Gasteiger partial charge in [-0.15, -0.1) is 0 Å². The monoisotopic (exact) mass is 289 g/mol. The smallest absolute Gasteiger partial charge is 0.141 e. The van der Waals surface area contributed by atoms with Gasteiger partial charge < -0.3 is 15.6 Å². The largest absolute Gasteiger partial charge is 0.397 e. The van der Waals surface area contributed by atoms with Gasteiger partial charge in [0, 0.05) is 17.4 Å². The minimum atomic E-state index is 0.534. The van der Waals surface area contributed by atoms with Crippen LogP contribution in [-0.2, 0) is 0 Å². The zero-order valence-electron chi connectivity index (χ0n) is 11.8. The van der Waals surface area contributed by atoms with Crippen molar-refractivity contribution < 1.29 is 4.52 Å². The second-order valence-corrected chi connectivity index (χ2v) is 6.36. The number of nitrogens with one attached hydrogen (secondary N) is 1. The molecule has 0 radical (unpaired) electrons. The average Bonchev–Trinajstić information content (AvgIpc) is 3.03. The molecule has 0 saturated carbocycles. The fourth-order valence-electron chi connectivity index (χ4n) is 2.61. The Hall–Kier alpha value is -1.62. The Bertz CT molecular complexity index is 598. The van der Waals surface area contributed by atoms with Gasteiger partial charge in [-0.25, -0.2) is 0 Å². The molecule has 0 unspecified atom stereocenters. The third-order valence-corrected chi connectivity index (χ3v) is 4.83. The molecule has 3 rings (SSSR count). The van der Waals surface area contributed by atoms with E-state index in [4.69, 9.17) is 10.3 Å². The van der Waals surface area contributed by atoms with Crippen LogP contribution in [0.5, 0.6) is 0 Å². The molecule has 20 heavy (non-hydrogen) atoms. The van der Waals surface area contributed by atoms with E-state index < -0.39 is 0 Å². The zero-order valence-corrected chi connectivity index (χ0v) is 12.6. The van der Waals surface area contributed by atoms with E-state index in [-0.39, 0.29) is 0 Å². The summed E-state index contributed by atoms with van der Waals surface area (Å²) >= 11 is 1.99. The number of nitrogens with two attached hydrogens (primary N) is 1. The van der Waals surface area contributed by atoms with E-state index in [2.05, 4.69) is 22.6 Å². The van der Waals surface area contributed by atoms with Crippen LogP contribution in [-0.4, -0.2) is 22.7 Å². The van der Waals surface area contributed by atoms with E-state index in [1.54, 1.807) is 0 Å². The molecule has 0 amide bonds. The number of rotatable bonds is 3. The molecule has 0 spiro atoms. The summed E-state index contributed by atoms with van der Waals surface area (Å²) < 4.78 is 5.22. The fraction of sp³-hybridized carbons (Fsp3) is 0.400. The summed E-state index contributed by atoms with van der Waals surface area (Å²) in [6.07, 6.45) is 1.20. The van der Waals surface area contributed by atoms with E-state index in [1.165, 1.54) is 12.2 Å². The Morgan fingerprint density at radius 3 is 2.85 bits per heavy atom. The van der Waals surface area contributed by atoms with Crippen molar-refractivity contribution in [3.63, 3.8) is 0 Å². The lowest BCUT2D eigenvalue weighted by atomic mass is 10.0. The van der Waals surface area contributed by atoms with Gasteiger partial charge >= 0.3 is 0 Å². The highest BCUT2D eigenvalue weighted by Gasteiger charge is 2.17. The van der Waals surface area contributed by atoms with Crippen LogP contribution in [0.4, 0.5) is 11.4 Å². The number of nitrogen functional groups attached to an aromatic ring is 1. The lowest BCUT2D eigenvalue weighted by Gasteiger charge is -2.15. The molecule has 1 fully saturated rings. The summed E-state index contributed by atoms with van der Waals surface area (Å²) in [6.45, 7) is 3.87. The number of thioether (sulfide) groups is 1. The van der Waals surface area contributed by atoms with Crippen LogP contribution in [0.15, 0.2) is 22.7 Å². The van der Waals surface area contributed by atoms with Crippen LogP contribution in [0.1, 0.15) is 17.9 Å². The van der Waals surface area contributed by atoms with Gasteiger partial charge in [0.1, 0.15) is 5.76 Å². The summed E-state index contributed by atoms with van der Waals surface area (Å²) in [5.74, 6) is 3.22. The second kappa shape index (κ2) is 5.40. The zero-order chi connectivity index (χ0) is 14.1. The molecule has 5 heteroatoms. The Kier molecular flexibility index (Phi) is 3.61. The SMILES string of the molecule is Cc1noc(C)c1-c1ccc(N[C@H]2CCSC2)c(N)c1. The second-order valence-electron chi connectivity index (χ2n) is 5.21. The number of hydrogen-bond donors (Lipinski definition) is 2. The normalized spacial score (nSPS) is 18.4. The molecule has 2 heterocycles. The molecule has 0 aliphatic carbocycles. The Labute approximate surface area is 123 Å². The van der Waals surface area contributed by atoms with Crippen molar-refractivity contribution in [1.82, 2.24) is 5.16 Å². The maximum absolute atomic E-state index is 6.19. The van der Waals surface area contributed by atoms with Crippen molar-refractivity contribution in [2.45, 2.75) is 26.3 Å². The quantitative estimate of drug-likeness (QED) is 0.847. The van der Waals surface area contributed by atoms with Gasteiger partial charge in [0.25, 0.3) is 0 Å². The average molecular weight is 289 g/mol. The maximum atomic E-state index is 6.19. The van der Waals surface area contributed by atoms with Crippen LogP contribution < -0.4 is 11.1 Å². The third-order valence-electron chi connectivity index (χ3n) is 3.66. The number of nitrogens with zero attached hydrogens (tertiary/aromatic N) is 1. The van der Waals surface area contributed by atoms with E-state index in [1.807, 2.05) is 31.7 Å². The van der Waals surface area contributed by atoms with Crippen LogP contribution in [0, 0.1) is 13.8 Å². The molecule has 4 nitrogen and oxygen atoms in total. The predicted molar refractivity (Wildman–Crippen MR) is 85.2 cm³/mol. The number of benzene rings is 1. The lowest BCUT2D eigenvalue weighted by Crippen LogP contribution is -2.18. The summed E-state index contributed by atoms with van der Waals surface area (Å²) in [5.41, 5.74) is 11.0. The van der Waals surface area contributed by atoms with Crippen molar-refractivity contribution in [1.29, 1.82) is 0 Å².